The third-order valence-corrected chi connectivity index (χ3v) is 3.75. The molecule has 0 saturated carbocycles. The van der Waals surface area contributed by atoms with E-state index in [1.165, 1.54) is 5.56 Å². The summed E-state index contributed by atoms with van der Waals surface area (Å²) in [5, 5.41) is 3.25. The zero-order valence-electron chi connectivity index (χ0n) is 11.0. The molecule has 1 saturated heterocycles. The molecule has 1 fully saturated rings. The summed E-state index contributed by atoms with van der Waals surface area (Å²) in [7, 11) is 1.97. The third-order valence-electron chi connectivity index (χ3n) is 3.75. The molecule has 0 radical (unpaired) electrons. The van der Waals surface area contributed by atoms with Gasteiger partial charge in [0.2, 0.25) is 0 Å². The first-order valence-electron chi connectivity index (χ1n) is 6.77. The topological polar surface area (TPSA) is 21.3 Å². The molecule has 1 heterocycles. The Kier molecular flexibility index (Phi) is 5.14. The Morgan fingerprint density at radius 3 is 2.56 bits per heavy atom. The molecule has 1 aromatic rings. The molecule has 1 aliphatic rings. The minimum atomic E-state index is -0.159. The molecule has 2 nitrogen and oxygen atoms in total. The number of hydrogen-bond donors (Lipinski definition) is 1. The van der Waals surface area contributed by atoms with Crippen LogP contribution in [0.4, 0.5) is 4.39 Å². The van der Waals surface area contributed by atoms with Gasteiger partial charge in [0.25, 0.3) is 0 Å². The van der Waals surface area contributed by atoms with Crippen molar-refractivity contribution in [3.05, 3.63) is 35.6 Å². The van der Waals surface area contributed by atoms with E-state index in [-0.39, 0.29) is 5.82 Å². The summed E-state index contributed by atoms with van der Waals surface area (Å²) in [6.45, 7) is 2.73. The highest BCUT2D eigenvalue weighted by atomic mass is 19.1. The standard InChI is InChI=1S/C15H22FNO/c1-17-11-14(10-12-6-8-18-9-7-12)13-2-4-15(16)5-3-13/h2-5,12,14,17H,6-11H2,1H3. The molecule has 0 amide bonds. The molecule has 100 valence electrons. The lowest BCUT2D eigenvalue weighted by Gasteiger charge is -2.27. The normalized spacial score (nSPS) is 18.8. The van der Waals surface area contributed by atoms with Crippen LogP contribution in [0.5, 0.6) is 0 Å². The zero-order chi connectivity index (χ0) is 12.8. The van der Waals surface area contributed by atoms with Crippen molar-refractivity contribution in [1.29, 1.82) is 0 Å². The van der Waals surface area contributed by atoms with Gasteiger partial charge in [-0.3, -0.25) is 0 Å². The van der Waals surface area contributed by atoms with E-state index in [0.717, 1.165) is 44.9 Å². The molecule has 0 aliphatic carbocycles. The molecule has 0 spiro atoms. The summed E-state index contributed by atoms with van der Waals surface area (Å²) in [5.41, 5.74) is 1.23. The molecule has 1 unspecified atom stereocenters. The van der Waals surface area contributed by atoms with Crippen molar-refractivity contribution in [2.45, 2.75) is 25.2 Å². The molecule has 18 heavy (non-hydrogen) atoms. The average Bonchev–Trinajstić information content (AvgIpc) is 2.40. The second-order valence-corrected chi connectivity index (χ2v) is 5.10. The Morgan fingerprint density at radius 2 is 1.94 bits per heavy atom. The summed E-state index contributed by atoms with van der Waals surface area (Å²) in [5.74, 6) is 1.05. The Balaban J connectivity index is 2.00. The van der Waals surface area contributed by atoms with Crippen LogP contribution in [0.25, 0.3) is 0 Å². The van der Waals surface area contributed by atoms with Crippen molar-refractivity contribution < 1.29 is 9.13 Å². The minimum absolute atomic E-state index is 0.159. The van der Waals surface area contributed by atoms with Crippen molar-refractivity contribution in [2.75, 3.05) is 26.8 Å². The SMILES string of the molecule is CNCC(CC1CCOCC1)c1ccc(F)cc1. The maximum atomic E-state index is 13.0. The zero-order valence-corrected chi connectivity index (χ0v) is 11.0. The average molecular weight is 251 g/mol. The molecular weight excluding hydrogens is 229 g/mol. The van der Waals surface area contributed by atoms with Crippen molar-refractivity contribution in [3.8, 4) is 0 Å². The van der Waals surface area contributed by atoms with Gasteiger partial charge in [-0.1, -0.05) is 12.1 Å². The van der Waals surface area contributed by atoms with Crippen LogP contribution in [0.1, 0.15) is 30.7 Å². The van der Waals surface area contributed by atoms with Gasteiger partial charge in [0.05, 0.1) is 0 Å². The number of ether oxygens (including phenoxy) is 1. The maximum absolute atomic E-state index is 13.0. The van der Waals surface area contributed by atoms with Crippen LogP contribution >= 0.6 is 0 Å². The van der Waals surface area contributed by atoms with E-state index >= 15 is 0 Å². The van der Waals surface area contributed by atoms with Gasteiger partial charge in [-0.05, 0) is 55.8 Å². The molecule has 1 atom stereocenters. The molecule has 1 N–H and O–H groups in total. The van der Waals surface area contributed by atoms with Gasteiger partial charge in [-0.25, -0.2) is 4.39 Å². The smallest absolute Gasteiger partial charge is 0.123 e. The van der Waals surface area contributed by atoms with E-state index in [1.54, 1.807) is 12.1 Å². The van der Waals surface area contributed by atoms with E-state index in [4.69, 9.17) is 4.74 Å². The summed E-state index contributed by atoms with van der Waals surface area (Å²) in [6, 6.07) is 6.94. The molecule has 3 heteroatoms. The van der Waals surface area contributed by atoms with Gasteiger partial charge < -0.3 is 10.1 Å². The van der Waals surface area contributed by atoms with Crippen molar-refractivity contribution in [3.63, 3.8) is 0 Å². The number of likely N-dealkylation sites (N-methyl/N-ethyl adjacent to an activating group) is 1. The molecule has 1 aliphatic heterocycles. The van der Waals surface area contributed by atoms with Gasteiger partial charge in [-0.15, -0.1) is 0 Å². The summed E-state index contributed by atoms with van der Waals surface area (Å²) >= 11 is 0. The van der Waals surface area contributed by atoms with Gasteiger partial charge in [-0.2, -0.15) is 0 Å². The van der Waals surface area contributed by atoms with E-state index in [0.29, 0.717) is 5.92 Å². The molecule has 1 aromatic carbocycles. The largest absolute Gasteiger partial charge is 0.381 e. The van der Waals surface area contributed by atoms with Crippen molar-refractivity contribution in [1.82, 2.24) is 5.32 Å². The number of halogens is 1. The fourth-order valence-corrected chi connectivity index (χ4v) is 2.70. The monoisotopic (exact) mass is 251 g/mol. The minimum Gasteiger partial charge on any atom is -0.381 e. The summed E-state index contributed by atoms with van der Waals surface area (Å²) in [4.78, 5) is 0. The molecule has 2 rings (SSSR count). The van der Waals surface area contributed by atoms with E-state index in [9.17, 15) is 4.39 Å². The van der Waals surface area contributed by atoms with Gasteiger partial charge in [0.15, 0.2) is 0 Å². The third kappa shape index (κ3) is 3.79. The lowest BCUT2D eigenvalue weighted by atomic mass is 9.85. The first-order valence-corrected chi connectivity index (χ1v) is 6.77. The molecule has 0 bridgehead atoms. The van der Waals surface area contributed by atoms with Crippen LogP contribution in [0.15, 0.2) is 24.3 Å². The highest BCUT2D eigenvalue weighted by Gasteiger charge is 2.20. The van der Waals surface area contributed by atoms with Crippen LogP contribution in [0, 0.1) is 11.7 Å². The Hall–Kier alpha value is -0.930. The Labute approximate surface area is 109 Å². The molecule has 0 aromatic heterocycles. The van der Waals surface area contributed by atoms with E-state index in [1.807, 2.05) is 19.2 Å². The van der Waals surface area contributed by atoms with E-state index in [2.05, 4.69) is 5.32 Å². The van der Waals surface area contributed by atoms with Crippen LogP contribution in [0.2, 0.25) is 0 Å². The van der Waals surface area contributed by atoms with Crippen LogP contribution in [-0.2, 0) is 4.74 Å². The maximum Gasteiger partial charge on any atom is 0.123 e. The quantitative estimate of drug-likeness (QED) is 0.868. The number of nitrogens with one attached hydrogen (secondary N) is 1. The fraction of sp³-hybridized carbons (Fsp3) is 0.600. The highest BCUT2D eigenvalue weighted by Crippen LogP contribution is 2.29. The van der Waals surface area contributed by atoms with Gasteiger partial charge in [0, 0.05) is 19.8 Å². The van der Waals surface area contributed by atoms with Gasteiger partial charge in [0.1, 0.15) is 5.82 Å². The second-order valence-electron chi connectivity index (χ2n) is 5.10. The van der Waals surface area contributed by atoms with Crippen LogP contribution in [-0.4, -0.2) is 26.8 Å². The number of hydrogen-bond acceptors (Lipinski definition) is 2. The Morgan fingerprint density at radius 1 is 1.28 bits per heavy atom. The second kappa shape index (κ2) is 6.86. The van der Waals surface area contributed by atoms with Crippen LogP contribution < -0.4 is 5.32 Å². The highest BCUT2D eigenvalue weighted by molar-refractivity contribution is 5.21. The number of benzene rings is 1. The first kappa shape index (κ1) is 13.5. The lowest BCUT2D eigenvalue weighted by Crippen LogP contribution is -2.23. The number of rotatable bonds is 5. The van der Waals surface area contributed by atoms with Crippen molar-refractivity contribution in [2.24, 2.45) is 5.92 Å². The summed E-state index contributed by atoms with van der Waals surface area (Å²) < 4.78 is 18.4. The van der Waals surface area contributed by atoms with Crippen molar-refractivity contribution >= 4 is 0 Å². The fourth-order valence-electron chi connectivity index (χ4n) is 2.70. The molecular formula is C15H22FNO. The van der Waals surface area contributed by atoms with E-state index < -0.39 is 0 Å². The predicted molar refractivity (Wildman–Crippen MR) is 71.2 cm³/mol. The lowest BCUT2D eigenvalue weighted by molar-refractivity contribution is 0.0617. The van der Waals surface area contributed by atoms with Crippen LogP contribution in [0.3, 0.4) is 0 Å². The predicted octanol–water partition coefficient (Wildman–Crippen LogP) is 2.95. The first-order chi connectivity index (χ1) is 8.79. The van der Waals surface area contributed by atoms with Gasteiger partial charge >= 0.3 is 0 Å². The Bertz CT molecular complexity index is 346. The summed E-state index contributed by atoms with van der Waals surface area (Å²) in [6.07, 6.45) is 3.47.